The molecule has 4 atom stereocenters. The fourth-order valence-corrected chi connectivity index (χ4v) is 4.80. The van der Waals surface area contributed by atoms with E-state index < -0.39 is 23.5 Å². The van der Waals surface area contributed by atoms with Gasteiger partial charge in [0.05, 0.1) is 24.6 Å². The van der Waals surface area contributed by atoms with Crippen molar-refractivity contribution in [2.75, 3.05) is 5.75 Å². The fourth-order valence-electron chi connectivity index (χ4n) is 3.74. The van der Waals surface area contributed by atoms with Crippen molar-refractivity contribution in [3.8, 4) is 6.07 Å². The summed E-state index contributed by atoms with van der Waals surface area (Å²) < 4.78 is 17.9. The molecule has 2 aliphatic rings. The monoisotopic (exact) mass is 404 g/mol. The summed E-state index contributed by atoms with van der Waals surface area (Å²) in [5.74, 6) is -0.107. The molecular formula is C21H28N2O4S. The minimum absolute atomic E-state index is 0.173. The van der Waals surface area contributed by atoms with E-state index in [1.54, 1.807) is 16.7 Å². The Morgan fingerprint density at radius 2 is 1.82 bits per heavy atom. The van der Waals surface area contributed by atoms with Crippen LogP contribution in [0.1, 0.15) is 41.0 Å². The van der Waals surface area contributed by atoms with Crippen LogP contribution in [0.3, 0.4) is 0 Å². The molecule has 1 aromatic rings. The van der Waals surface area contributed by atoms with Gasteiger partial charge in [0.1, 0.15) is 17.8 Å². The molecule has 0 saturated carbocycles. The van der Waals surface area contributed by atoms with Gasteiger partial charge in [0.2, 0.25) is 0 Å². The summed E-state index contributed by atoms with van der Waals surface area (Å²) in [5, 5.41) is 9.37. The van der Waals surface area contributed by atoms with Gasteiger partial charge in [-0.2, -0.15) is 5.26 Å². The van der Waals surface area contributed by atoms with Crippen molar-refractivity contribution in [1.29, 1.82) is 5.26 Å². The van der Waals surface area contributed by atoms with Gasteiger partial charge in [0.15, 0.2) is 5.79 Å². The fraction of sp³-hybridized carbons (Fsp3) is 0.619. The van der Waals surface area contributed by atoms with Gasteiger partial charge in [-0.3, -0.25) is 4.90 Å². The minimum Gasteiger partial charge on any atom is -0.444 e. The molecule has 0 bridgehead atoms. The van der Waals surface area contributed by atoms with Gasteiger partial charge in [-0.05, 0) is 46.8 Å². The SMILES string of the molecule is CC(C)(C)OC(=O)N1[C@H](CSc2ccccc2)[C@H]2OC(C)(C)O[C@H]2[C@@H]1CC#N. The standard InChI is InChI=1S/C21H28N2O4S/c1-20(2,3)27-19(24)23-15(11-12-22)17-18(26-21(4,5)25-17)16(23)13-28-14-9-7-6-8-10-14/h6-10,15-18H,11,13H2,1-5H3/t15-,16+,17-,18+/m0/s1. The average molecular weight is 405 g/mol. The second kappa shape index (κ2) is 7.94. The van der Waals surface area contributed by atoms with Crippen LogP contribution in [-0.2, 0) is 14.2 Å². The maximum absolute atomic E-state index is 13.0. The highest BCUT2D eigenvalue weighted by Gasteiger charge is 2.59. The largest absolute Gasteiger partial charge is 0.444 e. The van der Waals surface area contributed by atoms with E-state index in [1.165, 1.54) is 0 Å². The average Bonchev–Trinajstić information content (AvgIpc) is 3.04. The number of nitriles is 1. The molecule has 2 heterocycles. The molecule has 0 unspecified atom stereocenters. The minimum atomic E-state index is -0.737. The number of hydrogen-bond acceptors (Lipinski definition) is 6. The zero-order valence-corrected chi connectivity index (χ0v) is 17.9. The first-order valence-corrected chi connectivity index (χ1v) is 10.5. The Bertz CT molecular complexity index is 741. The van der Waals surface area contributed by atoms with Crippen molar-refractivity contribution in [2.45, 2.75) is 81.6 Å². The molecule has 0 spiro atoms. The molecule has 2 fully saturated rings. The molecule has 2 saturated heterocycles. The highest BCUT2D eigenvalue weighted by molar-refractivity contribution is 7.99. The lowest BCUT2D eigenvalue weighted by Crippen LogP contribution is -2.49. The third-order valence-corrected chi connectivity index (χ3v) is 5.82. The first-order chi connectivity index (χ1) is 13.1. The Morgan fingerprint density at radius 1 is 1.21 bits per heavy atom. The lowest BCUT2D eigenvalue weighted by Gasteiger charge is -2.34. The van der Waals surface area contributed by atoms with Crippen LogP contribution >= 0.6 is 11.8 Å². The van der Waals surface area contributed by atoms with Gasteiger partial charge < -0.3 is 14.2 Å². The normalized spacial score (nSPS) is 28.6. The molecular weight excluding hydrogens is 376 g/mol. The number of carbonyl (C=O) groups is 1. The Morgan fingerprint density at radius 3 is 2.39 bits per heavy atom. The van der Waals surface area contributed by atoms with Crippen molar-refractivity contribution < 1.29 is 19.0 Å². The summed E-state index contributed by atoms with van der Waals surface area (Å²) in [4.78, 5) is 15.8. The van der Waals surface area contributed by atoms with Crippen LogP contribution in [0.25, 0.3) is 0 Å². The zero-order valence-electron chi connectivity index (χ0n) is 17.0. The topological polar surface area (TPSA) is 71.8 Å². The number of amides is 1. The molecule has 152 valence electrons. The molecule has 0 N–H and O–H groups in total. The second-order valence-electron chi connectivity index (χ2n) is 8.57. The first kappa shape index (κ1) is 21.0. The van der Waals surface area contributed by atoms with E-state index in [1.807, 2.05) is 65.0 Å². The summed E-state index contributed by atoms with van der Waals surface area (Å²) in [7, 11) is 0. The summed E-state index contributed by atoms with van der Waals surface area (Å²) in [6, 6.07) is 11.6. The summed E-state index contributed by atoms with van der Waals surface area (Å²) >= 11 is 1.66. The molecule has 28 heavy (non-hydrogen) atoms. The van der Waals surface area contributed by atoms with E-state index in [4.69, 9.17) is 14.2 Å². The zero-order chi connectivity index (χ0) is 20.5. The van der Waals surface area contributed by atoms with Crippen molar-refractivity contribution in [1.82, 2.24) is 4.90 Å². The number of ether oxygens (including phenoxy) is 3. The van der Waals surface area contributed by atoms with Crippen molar-refractivity contribution in [2.24, 2.45) is 0 Å². The number of benzene rings is 1. The maximum Gasteiger partial charge on any atom is 0.411 e. The molecule has 2 aliphatic heterocycles. The highest BCUT2D eigenvalue weighted by Crippen LogP contribution is 2.43. The molecule has 0 aliphatic carbocycles. The second-order valence-corrected chi connectivity index (χ2v) is 9.67. The predicted octanol–water partition coefficient (Wildman–Crippen LogP) is 4.20. The summed E-state index contributed by atoms with van der Waals surface area (Å²) in [5.41, 5.74) is -0.621. The van der Waals surface area contributed by atoms with Crippen LogP contribution in [0.4, 0.5) is 4.79 Å². The third-order valence-electron chi connectivity index (χ3n) is 4.71. The maximum atomic E-state index is 13.0. The van der Waals surface area contributed by atoms with E-state index in [0.29, 0.717) is 5.75 Å². The summed E-state index contributed by atoms with van der Waals surface area (Å²) in [6.45, 7) is 9.25. The van der Waals surface area contributed by atoms with Gasteiger partial charge >= 0.3 is 6.09 Å². The van der Waals surface area contributed by atoms with Gasteiger partial charge in [0, 0.05) is 10.6 Å². The van der Waals surface area contributed by atoms with Crippen LogP contribution in [0, 0.1) is 11.3 Å². The predicted molar refractivity (Wildman–Crippen MR) is 107 cm³/mol. The molecule has 1 aromatic carbocycles. The van der Waals surface area contributed by atoms with Crippen LogP contribution in [0.2, 0.25) is 0 Å². The van der Waals surface area contributed by atoms with E-state index in [-0.39, 0.29) is 24.7 Å². The van der Waals surface area contributed by atoms with E-state index in [0.717, 1.165) is 4.90 Å². The third kappa shape index (κ3) is 4.62. The number of nitrogens with zero attached hydrogens (tertiary/aromatic N) is 2. The van der Waals surface area contributed by atoms with Gasteiger partial charge in [-0.25, -0.2) is 4.79 Å². The lowest BCUT2D eigenvalue weighted by atomic mass is 10.1. The van der Waals surface area contributed by atoms with Gasteiger partial charge in [-0.1, -0.05) is 18.2 Å². The molecule has 0 aromatic heterocycles. The smallest absolute Gasteiger partial charge is 0.411 e. The highest BCUT2D eigenvalue weighted by atomic mass is 32.2. The van der Waals surface area contributed by atoms with Crippen LogP contribution in [0.5, 0.6) is 0 Å². The van der Waals surface area contributed by atoms with E-state index >= 15 is 0 Å². The lowest BCUT2D eigenvalue weighted by molar-refractivity contribution is -0.165. The molecule has 3 rings (SSSR count). The molecule has 7 heteroatoms. The van der Waals surface area contributed by atoms with Crippen LogP contribution in [-0.4, -0.2) is 52.4 Å². The van der Waals surface area contributed by atoms with Crippen LogP contribution < -0.4 is 0 Å². The quantitative estimate of drug-likeness (QED) is 0.701. The van der Waals surface area contributed by atoms with Crippen molar-refractivity contribution in [3.63, 3.8) is 0 Å². The number of hydrogen-bond donors (Lipinski definition) is 0. The van der Waals surface area contributed by atoms with E-state index in [9.17, 15) is 10.1 Å². The number of fused-ring (bicyclic) bond motifs is 1. The Hall–Kier alpha value is -1.75. The van der Waals surface area contributed by atoms with Crippen molar-refractivity contribution in [3.05, 3.63) is 30.3 Å². The van der Waals surface area contributed by atoms with Gasteiger partial charge in [-0.15, -0.1) is 11.8 Å². The molecule has 6 nitrogen and oxygen atoms in total. The Balaban J connectivity index is 1.87. The van der Waals surface area contributed by atoms with Crippen LogP contribution in [0.15, 0.2) is 35.2 Å². The molecule has 0 radical (unpaired) electrons. The van der Waals surface area contributed by atoms with E-state index in [2.05, 4.69) is 6.07 Å². The molecule has 1 amide bonds. The summed E-state index contributed by atoms with van der Waals surface area (Å²) in [6.07, 6.45) is -0.891. The van der Waals surface area contributed by atoms with Gasteiger partial charge in [0.25, 0.3) is 0 Å². The number of carbonyl (C=O) groups excluding carboxylic acids is 1. The Labute approximate surface area is 171 Å². The Kier molecular flexibility index (Phi) is 5.95. The number of likely N-dealkylation sites (tertiary alicyclic amines) is 1. The number of thioether (sulfide) groups is 1. The first-order valence-electron chi connectivity index (χ1n) is 9.53. The van der Waals surface area contributed by atoms with Crippen molar-refractivity contribution >= 4 is 17.9 Å². The number of rotatable bonds is 4.